The summed E-state index contributed by atoms with van der Waals surface area (Å²) in [5.74, 6) is 1.35. The minimum atomic E-state index is -0.163. The van der Waals surface area contributed by atoms with Crippen molar-refractivity contribution in [3.8, 4) is 0 Å². The number of nitrogens with one attached hydrogen (secondary N) is 1. The summed E-state index contributed by atoms with van der Waals surface area (Å²) < 4.78 is 0. The van der Waals surface area contributed by atoms with Gasteiger partial charge in [-0.1, -0.05) is 6.92 Å². The van der Waals surface area contributed by atoms with Crippen molar-refractivity contribution in [2.24, 2.45) is 5.41 Å². The summed E-state index contributed by atoms with van der Waals surface area (Å²) in [6.45, 7) is 9.41. The molecule has 27 heavy (non-hydrogen) atoms. The molecule has 6 nitrogen and oxygen atoms in total. The molecule has 4 rings (SSSR count). The molecule has 1 amide bonds. The van der Waals surface area contributed by atoms with Crippen LogP contribution in [-0.4, -0.2) is 59.0 Å². The standard InChI is InChI=1S/C19H29N5O.2ClH/c1-4-19(11-15-5-6-16(19)22-15)18(25)24-9-7-23(8-10-24)17-14(3)20-12-13(2)21-17;;/h12,15-16,22H,4-11H2,1-3H3;2*1H/t15-,16+,19+;;/m0../s1. The summed E-state index contributed by atoms with van der Waals surface area (Å²) in [5, 5.41) is 3.66. The second-order valence-electron chi connectivity index (χ2n) is 7.91. The number of hydrogen-bond donors (Lipinski definition) is 1. The van der Waals surface area contributed by atoms with E-state index >= 15 is 0 Å². The van der Waals surface area contributed by atoms with Gasteiger partial charge in [-0.05, 0) is 39.5 Å². The van der Waals surface area contributed by atoms with Crippen molar-refractivity contribution >= 4 is 36.5 Å². The van der Waals surface area contributed by atoms with Crippen LogP contribution in [0.4, 0.5) is 5.82 Å². The van der Waals surface area contributed by atoms with Gasteiger partial charge in [0.15, 0.2) is 0 Å². The van der Waals surface area contributed by atoms with Gasteiger partial charge in [-0.25, -0.2) is 4.98 Å². The summed E-state index contributed by atoms with van der Waals surface area (Å²) in [5.41, 5.74) is 1.74. The average molecular weight is 416 g/mol. The molecule has 1 N–H and O–H groups in total. The van der Waals surface area contributed by atoms with Crippen molar-refractivity contribution in [2.45, 2.75) is 58.5 Å². The first-order valence-corrected chi connectivity index (χ1v) is 9.64. The molecule has 0 saturated carbocycles. The quantitative estimate of drug-likeness (QED) is 0.821. The van der Waals surface area contributed by atoms with Gasteiger partial charge >= 0.3 is 0 Å². The van der Waals surface area contributed by atoms with Crippen LogP contribution in [0.5, 0.6) is 0 Å². The van der Waals surface area contributed by atoms with E-state index in [4.69, 9.17) is 0 Å². The van der Waals surface area contributed by atoms with Crippen LogP contribution in [0.25, 0.3) is 0 Å². The fourth-order valence-corrected chi connectivity index (χ4v) is 5.04. The van der Waals surface area contributed by atoms with E-state index in [1.165, 1.54) is 6.42 Å². The van der Waals surface area contributed by atoms with Gasteiger partial charge in [0, 0.05) is 44.5 Å². The molecule has 1 aromatic heterocycles. The Balaban J connectivity index is 0.00000131. The van der Waals surface area contributed by atoms with E-state index in [1.54, 1.807) is 0 Å². The second kappa shape index (κ2) is 8.50. The Hall–Kier alpha value is -1.11. The summed E-state index contributed by atoms with van der Waals surface area (Å²) in [6, 6.07) is 0.943. The summed E-state index contributed by atoms with van der Waals surface area (Å²) in [4.78, 5) is 26.8. The maximum atomic E-state index is 13.3. The lowest BCUT2D eigenvalue weighted by atomic mass is 9.70. The summed E-state index contributed by atoms with van der Waals surface area (Å²) in [6.07, 6.45) is 6.17. The van der Waals surface area contributed by atoms with Gasteiger partial charge in [0.1, 0.15) is 5.82 Å². The van der Waals surface area contributed by atoms with E-state index in [0.717, 1.165) is 62.6 Å². The third kappa shape index (κ3) is 3.76. The number of aromatic nitrogens is 2. The van der Waals surface area contributed by atoms with Crippen LogP contribution in [0.2, 0.25) is 0 Å². The van der Waals surface area contributed by atoms with Crippen LogP contribution in [-0.2, 0) is 4.79 Å². The first-order chi connectivity index (χ1) is 12.0. The molecular weight excluding hydrogens is 385 g/mol. The molecule has 3 fully saturated rings. The number of hydrogen-bond acceptors (Lipinski definition) is 5. The Kier molecular flexibility index (Phi) is 6.98. The minimum Gasteiger partial charge on any atom is -0.352 e. The van der Waals surface area contributed by atoms with Gasteiger partial charge in [0.05, 0.1) is 16.8 Å². The molecule has 0 radical (unpaired) electrons. The van der Waals surface area contributed by atoms with Crippen LogP contribution in [0.15, 0.2) is 6.20 Å². The van der Waals surface area contributed by atoms with E-state index in [1.807, 2.05) is 20.0 Å². The highest BCUT2D eigenvalue weighted by atomic mass is 35.5. The minimum absolute atomic E-state index is 0. The van der Waals surface area contributed by atoms with Crippen LogP contribution >= 0.6 is 24.8 Å². The SMILES string of the molecule is CC[C@@]1(C(=O)N2CCN(c3nc(C)cnc3C)CC2)C[C@@H]2CC[C@H]1N2.Cl.Cl. The first-order valence-electron chi connectivity index (χ1n) is 9.64. The van der Waals surface area contributed by atoms with E-state index in [-0.39, 0.29) is 30.2 Å². The number of amides is 1. The lowest BCUT2D eigenvalue weighted by Crippen LogP contribution is -2.56. The third-order valence-electron chi connectivity index (χ3n) is 6.49. The van der Waals surface area contributed by atoms with Crippen LogP contribution in [0, 0.1) is 19.3 Å². The third-order valence-corrected chi connectivity index (χ3v) is 6.49. The van der Waals surface area contributed by atoms with Gasteiger partial charge in [0.2, 0.25) is 5.91 Å². The fourth-order valence-electron chi connectivity index (χ4n) is 5.04. The molecule has 2 bridgehead atoms. The highest BCUT2D eigenvalue weighted by molar-refractivity contribution is 5.86. The molecule has 8 heteroatoms. The number of fused-ring (bicyclic) bond motifs is 2. The Labute approximate surface area is 174 Å². The van der Waals surface area contributed by atoms with E-state index in [0.29, 0.717) is 18.0 Å². The van der Waals surface area contributed by atoms with E-state index in [2.05, 4.69) is 32.0 Å². The van der Waals surface area contributed by atoms with Crippen molar-refractivity contribution in [3.05, 3.63) is 17.6 Å². The molecule has 4 heterocycles. The average Bonchev–Trinajstić information content (AvgIpc) is 3.25. The molecule has 3 atom stereocenters. The van der Waals surface area contributed by atoms with Crippen molar-refractivity contribution in [1.29, 1.82) is 0 Å². The summed E-state index contributed by atoms with van der Waals surface area (Å²) in [7, 11) is 0. The number of rotatable bonds is 3. The number of nitrogens with zero attached hydrogens (tertiary/aromatic N) is 4. The zero-order valence-corrected chi connectivity index (χ0v) is 18.0. The van der Waals surface area contributed by atoms with Crippen molar-refractivity contribution in [1.82, 2.24) is 20.2 Å². The van der Waals surface area contributed by atoms with Gasteiger partial charge in [-0.3, -0.25) is 9.78 Å². The van der Waals surface area contributed by atoms with Gasteiger partial charge < -0.3 is 15.1 Å². The number of halogens is 2. The van der Waals surface area contributed by atoms with E-state index in [9.17, 15) is 4.79 Å². The molecule has 3 aliphatic heterocycles. The largest absolute Gasteiger partial charge is 0.352 e. The molecule has 0 unspecified atom stereocenters. The Bertz CT molecular complexity index is 680. The van der Waals surface area contributed by atoms with Crippen LogP contribution < -0.4 is 10.2 Å². The van der Waals surface area contributed by atoms with Gasteiger partial charge in [-0.2, -0.15) is 0 Å². The normalized spacial score (nSPS) is 29.3. The molecule has 152 valence electrons. The second-order valence-corrected chi connectivity index (χ2v) is 7.91. The van der Waals surface area contributed by atoms with Crippen LogP contribution in [0.3, 0.4) is 0 Å². The van der Waals surface area contributed by atoms with Crippen molar-refractivity contribution < 1.29 is 4.79 Å². The van der Waals surface area contributed by atoms with Crippen molar-refractivity contribution in [2.75, 3.05) is 31.1 Å². The Morgan fingerprint density at radius 2 is 1.93 bits per heavy atom. The topological polar surface area (TPSA) is 61.4 Å². The van der Waals surface area contributed by atoms with E-state index < -0.39 is 0 Å². The summed E-state index contributed by atoms with van der Waals surface area (Å²) >= 11 is 0. The lowest BCUT2D eigenvalue weighted by Gasteiger charge is -2.42. The van der Waals surface area contributed by atoms with Gasteiger partial charge in [0.25, 0.3) is 0 Å². The number of piperazine rings is 1. The molecule has 3 saturated heterocycles. The molecular formula is C19H31Cl2N5O. The molecule has 0 aliphatic carbocycles. The highest BCUT2D eigenvalue weighted by Gasteiger charge is 2.55. The lowest BCUT2D eigenvalue weighted by molar-refractivity contribution is -0.144. The van der Waals surface area contributed by atoms with Crippen LogP contribution in [0.1, 0.15) is 44.0 Å². The van der Waals surface area contributed by atoms with Crippen molar-refractivity contribution in [3.63, 3.8) is 0 Å². The smallest absolute Gasteiger partial charge is 0.230 e. The Morgan fingerprint density at radius 1 is 1.22 bits per heavy atom. The monoisotopic (exact) mass is 415 g/mol. The number of anilines is 1. The maximum Gasteiger partial charge on any atom is 0.230 e. The number of carbonyl (C=O) groups is 1. The predicted octanol–water partition coefficient (Wildman–Crippen LogP) is 2.51. The fraction of sp³-hybridized carbons (Fsp3) is 0.737. The zero-order chi connectivity index (χ0) is 17.6. The highest BCUT2D eigenvalue weighted by Crippen LogP contribution is 2.47. The molecule has 3 aliphatic rings. The molecule has 0 spiro atoms. The Morgan fingerprint density at radius 3 is 2.48 bits per heavy atom. The molecule has 1 aromatic rings. The number of carbonyl (C=O) groups excluding carboxylic acids is 1. The predicted molar refractivity (Wildman–Crippen MR) is 112 cm³/mol. The first kappa shape index (κ1) is 22.2. The maximum absolute atomic E-state index is 13.3. The zero-order valence-electron chi connectivity index (χ0n) is 16.4. The molecule has 0 aromatic carbocycles. The van der Waals surface area contributed by atoms with Gasteiger partial charge in [-0.15, -0.1) is 24.8 Å². The number of aryl methyl sites for hydroxylation is 2.